The van der Waals surface area contributed by atoms with E-state index < -0.39 is 29.8 Å². The molecule has 0 aromatic rings. The molecule has 2 aliphatic rings. The van der Waals surface area contributed by atoms with Crippen LogP contribution in [-0.4, -0.2) is 84.7 Å². The van der Waals surface area contributed by atoms with Crippen molar-refractivity contribution >= 4 is 35.8 Å². The minimum absolute atomic E-state index is 0.00325. The Morgan fingerprint density at radius 2 is 1.00 bits per heavy atom. The molecular weight excluding hydrogens is 640 g/mol. The Kier molecular flexibility index (Phi) is 26.2. The third-order valence-electron chi connectivity index (χ3n) is 6.71. The Bertz CT molecular complexity index is 1120. The highest BCUT2D eigenvalue weighted by molar-refractivity contribution is 5.87. The number of aliphatic hydroxyl groups excluding tert-OH is 1. The van der Waals surface area contributed by atoms with Crippen molar-refractivity contribution in [1.82, 2.24) is 0 Å². The lowest BCUT2D eigenvalue weighted by Gasteiger charge is -2.18. The molecule has 2 atom stereocenters. The second-order valence-corrected chi connectivity index (χ2v) is 11.4. The van der Waals surface area contributed by atoms with Gasteiger partial charge in [-0.25, -0.2) is 9.59 Å². The fraction of sp³-hybridized carbons (Fsp3) is 0.611. The molecule has 0 saturated carbocycles. The summed E-state index contributed by atoms with van der Waals surface area (Å²) in [7, 11) is 0. The van der Waals surface area contributed by atoms with Crippen molar-refractivity contribution in [2.24, 2.45) is 0 Å². The average Bonchev–Trinajstić information content (AvgIpc) is 3.02. The van der Waals surface area contributed by atoms with Crippen LogP contribution in [0.2, 0.25) is 0 Å². The van der Waals surface area contributed by atoms with Gasteiger partial charge in [-0.1, -0.05) is 37.5 Å². The van der Waals surface area contributed by atoms with Crippen LogP contribution in [-0.2, 0) is 52.5 Å². The van der Waals surface area contributed by atoms with E-state index in [1.54, 1.807) is 6.92 Å². The molecule has 0 aliphatic heterocycles. The van der Waals surface area contributed by atoms with E-state index in [4.69, 9.17) is 29.2 Å². The van der Waals surface area contributed by atoms with E-state index in [2.05, 4.69) is 42.2 Å². The quantitative estimate of drug-likeness (QED) is 0.0745. The number of carboxylic acids is 1. The first-order valence-corrected chi connectivity index (χ1v) is 16.7. The molecule has 2 unspecified atom stereocenters. The molecule has 13 nitrogen and oxygen atoms in total. The summed E-state index contributed by atoms with van der Waals surface area (Å²) in [6.07, 6.45) is 17.5. The smallest absolute Gasteiger partial charge is 0.333 e. The van der Waals surface area contributed by atoms with Gasteiger partial charge < -0.3 is 33.9 Å². The van der Waals surface area contributed by atoms with Crippen molar-refractivity contribution in [3.05, 3.63) is 48.6 Å². The van der Waals surface area contributed by atoms with Crippen LogP contribution in [0.25, 0.3) is 0 Å². The largest absolute Gasteiger partial charge is 0.481 e. The van der Waals surface area contributed by atoms with Gasteiger partial charge in [-0.2, -0.15) is 0 Å². The molecule has 49 heavy (non-hydrogen) atoms. The molecule has 0 spiro atoms. The summed E-state index contributed by atoms with van der Waals surface area (Å²) >= 11 is 0. The third kappa shape index (κ3) is 27.4. The van der Waals surface area contributed by atoms with Gasteiger partial charge in [0, 0.05) is 11.1 Å². The number of hydrogen-bond acceptors (Lipinski definition) is 12. The van der Waals surface area contributed by atoms with Crippen molar-refractivity contribution in [3.8, 4) is 0 Å². The first-order valence-electron chi connectivity index (χ1n) is 16.7. The van der Waals surface area contributed by atoms with Gasteiger partial charge >= 0.3 is 35.8 Å². The maximum Gasteiger partial charge on any atom is 0.333 e. The number of rotatable bonds is 15. The first-order chi connectivity index (χ1) is 23.3. The zero-order valence-electron chi connectivity index (χ0n) is 29.0. The second-order valence-electron chi connectivity index (χ2n) is 11.4. The van der Waals surface area contributed by atoms with Gasteiger partial charge in [-0.15, -0.1) is 0 Å². The van der Waals surface area contributed by atoms with Crippen LogP contribution in [0.1, 0.15) is 104 Å². The highest BCUT2D eigenvalue weighted by Gasteiger charge is 2.17. The summed E-state index contributed by atoms with van der Waals surface area (Å²) in [6, 6.07) is 0. The number of carbonyl (C=O) groups is 6. The van der Waals surface area contributed by atoms with Crippen molar-refractivity contribution in [1.29, 1.82) is 0 Å². The zero-order valence-corrected chi connectivity index (χ0v) is 29.0. The fourth-order valence-electron chi connectivity index (χ4n) is 4.14. The van der Waals surface area contributed by atoms with Gasteiger partial charge in [0.1, 0.15) is 32.0 Å². The zero-order chi connectivity index (χ0) is 36.9. The van der Waals surface area contributed by atoms with Crippen LogP contribution in [0, 0.1) is 0 Å². The minimum atomic E-state index is -0.961. The van der Waals surface area contributed by atoms with Crippen LogP contribution >= 0.6 is 0 Å². The monoisotopic (exact) mass is 694 g/mol. The molecule has 0 aromatic heterocycles. The Morgan fingerprint density at radius 3 is 1.45 bits per heavy atom. The lowest BCUT2D eigenvalue weighted by atomic mass is 10.0. The van der Waals surface area contributed by atoms with E-state index in [1.165, 1.54) is 6.92 Å². The summed E-state index contributed by atoms with van der Waals surface area (Å²) < 4.78 is 24.8. The van der Waals surface area contributed by atoms with Crippen LogP contribution in [0.3, 0.4) is 0 Å². The number of allylic oxidation sites excluding steroid dienone is 4. The fourth-order valence-corrected chi connectivity index (χ4v) is 4.14. The lowest BCUT2D eigenvalue weighted by Crippen LogP contribution is -2.20. The number of ether oxygens (including phenoxy) is 5. The molecule has 0 fully saturated rings. The first kappa shape index (κ1) is 44.7. The SMILES string of the molecule is C=C(C)C(=O)OCCO.C=C(C)C(=O)OCCOC(=O)CCC(=O)OC1CC/C=C\CCC1.O=C(O)CCC(=O)OC1CC/C=C\CCC1. The maximum absolute atomic E-state index is 11.8. The summed E-state index contributed by atoms with van der Waals surface area (Å²) in [5.41, 5.74) is 0.636. The van der Waals surface area contributed by atoms with Gasteiger partial charge in [-0.05, 0) is 78.1 Å². The van der Waals surface area contributed by atoms with Gasteiger partial charge in [0.25, 0.3) is 0 Å². The Morgan fingerprint density at radius 1 is 0.592 bits per heavy atom. The van der Waals surface area contributed by atoms with Crippen molar-refractivity contribution in [2.75, 3.05) is 26.4 Å². The Balaban J connectivity index is 0.000000790. The molecule has 2 aliphatic carbocycles. The van der Waals surface area contributed by atoms with Crippen LogP contribution in [0.4, 0.5) is 0 Å². The Labute approximate surface area is 289 Å². The average molecular weight is 695 g/mol. The number of aliphatic hydroxyl groups is 1. The molecule has 0 amide bonds. The summed E-state index contributed by atoms with van der Waals surface area (Å²) in [6.45, 7) is 9.72. The number of carboxylic acid groups (broad SMARTS) is 1. The number of aliphatic carboxylic acids is 1. The van der Waals surface area contributed by atoms with E-state index in [0.717, 1.165) is 64.2 Å². The maximum atomic E-state index is 11.8. The highest BCUT2D eigenvalue weighted by Crippen LogP contribution is 2.17. The van der Waals surface area contributed by atoms with E-state index in [1.807, 2.05) is 0 Å². The summed E-state index contributed by atoms with van der Waals surface area (Å²) in [5.74, 6) is -3.23. The standard InChI is InChI=1S/C18H26O6.C12H18O4.C6H10O3/c1-14(2)18(21)23-13-12-22-16(19)10-11-17(20)24-15-8-6-4-3-5-7-9-15;13-11(14)8-9-12(15)16-10-6-4-2-1-3-5-7-10;1-5(2)6(8)9-4-3-7/h3-4,15H,1,5-13H2,2H3;1-2,10H,3-9H2,(H,13,14);7H,1,3-4H2,2H3/b4-3-;2-1-;. The van der Waals surface area contributed by atoms with E-state index >= 15 is 0 Å². The molecule has 2 rings (SSSR count). The normalized spacial score (nSPS) is 18.2. The molecule has 0 heterocycles. The highest BCUT2D eigenvalue weighted by atomic mass is 16.6. The molecule has 13 heteroatoms. The molecule has 0 radical (unpaired) electrons. The second kappa shape index (κ2) is 28.7. The van der Waals surface area contributed by atoms with Gasteiger partial charge in [0.2, 0.25) is 0 Å². The van der Waals surface area contributed by atoms with E-state index in [9.17, 15) is 28.8 Å². The molecule has 2 N–H and O–H groups in total. The lowest BCUT2D eigenvalue weighted by molar-refractivity contribution is -0.155. The van der Waals surface area contributed by atoms with Crippen LogP contribution in [0.5, 0.6) is 0 Å². The van der Waals surface area contributed by atoms with E-state index in [0.29, 0.717) is 5.57 Å². The third-order valence-corrected chi connectivity index (χ3v) is 6.71. The number of carbonyl (C=O) groups excluding carboxylic acids is 5. The molecule has 276 valence electrons. The van der Waals surface area contributed by atoms with Crippen molar-refractivity contribution < 1.29 is 62.7 Å². The molecule has 0 saturated heterocycles. The van der Waals surface area contributed by atoms with Gasteiger partial charge in [-0.3, -0.25) is 19.2 Å². The predicted molar refractivity (Wildman–Crippen MR) is 180 cm³/mol. The molecule has 0 aromatic carbocycles. The van der Waals surface area contributed by atoms with Crippen molar-refractivity contribution in [2.45, 2.75) is 116 Å². The van der Waals surface area contributed by atoms with E-state index in [-0.39, 0.29) is 75.9 Å². The number of hydrogen-bond donors (Lipinski definition) is 2. The molecular formula is C36H54O13. The Hall–Kier alpha value is -4.26. The summed E-state index contributed by atoms with van der Waals surface area (Å²) in [5, 5.41) is 16.6. The minimum Gasteiger partial charge on any atom is -0.481 e. The molecule has 0 bridgehead atoms. The predicted octanol–water partition coefficient (Wildman–Crippen LogP) is 5.24. The number of esters is 5. The van der Waals surface area contributed by atoms with Crippen molar-refractivity contribution in [3.63, 3.8) is 0 Å². The van der Waals surface area contributed by atoms with Crippen LogP contribution in [0.15, 0.2) is 48.6 Å². The summed E-state index contributed by atoms with van der Waals surface area (Å²) in [4.78, 5) is 66.5. The van der Waals surface area contributed by atoms with Gasteiger partial charge in [0.05, 0.1) is 32.3 Å². The topological polar surface area (TPSA) is 189 Å². The van der Waals surface area contributed by atoms with Crippen LogP contribution < -0.4 is 0 Å². The van der Waals surface area contributed by atoms with Gasteiger partial charge in [0.15, 0.2) is 0 Å².